The molecule has 222 valence electrons. The molecule has 1 fully saturated rings. The summed E-state index contributed by atoms with van der Waals surface area (Å²) in [5.41, 5.74) is 6.60. The summed E-state index contributed by atoms with van der Waals surface area (Å²) in [5.74, 6) is -2.51. The predicted octanol–water partition coefficient (Wildman–Crippen LogP) is 6.20. The molecule has 5 rings (SSSR count). The van der Waals surface area contributed by atoms with E-state index in [-0.39, 0.29) is 44.7 Å². The topological polar surface area (TPSA) is 132 Å². The molecule has 13 heteroatoms. The molecule has 1 aliphatic rings. The molecule has 0 atom stereocenters. The summed E-state index contributed by atoms with van der Waals surface area (Å²) in [6, 6.07) is 12.2. The summed E-state index contributed by atoms with van der Waals surface area (Å²) in [6.45, 7) is 1.46. The molecule has 0 radical (unpaired) electrons. The van der Waals surface area contributed by atoms with E-state index in [4.69, 9.17) is 22.1 Å². The van der Waals surface area contributed by atoms with Gasteiger partial charge in [0.15, 0.2) is 0 Å². The maximum atomic E-state index is 14.9. The number of halogens is 3. The maximum Gasteiger partial charge on any atom is 0.272 e. The summed E-state index contributed by atoms with van der Waals surface area (Å²) in [6.07, 6.45) is 5.43. The Morgan fingerprint density at radius 2 is 1.83 bits per heavy atom. The van der Waals surface area contributed by atoms with Crippen molar-refractivity contribution >= 4 is 44.3 Å². The van der Waals surface area contributed by atoms with Crippen molar-refractivity contribution in [3.05, 3.63) is 65.3 Å². The zero-order valence-corrected chi connectivity index (χ0v) is 24.6. The summed E-state index contributed by atoms with van der Waals surface area (Å²) in [7, 11) is -2.69. The van der Waals surface area contributed by atoms with Crippen molar-refractivity contribution < 1.29 is 21.9 Å². The van der Waals surface area contributed by atoms with Crippen LogP contribution in [0.25, 0.3) is 22.0 Å². The minimum Gasteiger partial charge on any atom is -0.480 e. The number of methoxy groups -OCH3 is 1. The summed E-state index contributed by atoms with van der Waals surface area (Å²) in [4.78, 5) is 13.0. The van der Waals surface area contributed by atoms with E-state index in [9.17, 15) is 17.2 Å². The molecule has 0 saturated heterocycles. The van der Waals surface area contributed by atoms with Crippen LogP contribution >= 0.6 is 11.6 Å². The Balaban J connectivity index is 1.46. The molecule has 2 aromatic heterocycles. The summed E-state index contributed by atoms with van der Waals surface area (Å²) < 4.78 is 63.4. The van der Waals surface area contributed by atoms with E-state index in [0.717, 1.165) is 32.6 Å². The fourth-order valence-corrected chi connectivity index (χ4v) is 6.60. The van der Waals surface area contributed by atoms with Crippen LogP contribution in [0, 0.1) is 5.92 Å². The molecule has 1 saturated carbocycles. The Morgan fingerprint density at radius 1 is 1.10 bits per heavy atom. The van der Waals surface area contributed by atoms with Crippen LogP contribution in [0.15, 0.2) is 59.6 Å². The molecular weight excluding hydrogens is 586 g/mol. The van der Waals surface area contributed by atoms with Crippen molar-refractivity contribution in [1.29, 1.82) is 0 Å². The normalized spacial score (nSPS) is 17.7. The maximum absolute atomic E-state index is 14.9. The van der Waals surface area contributed by atoms with Crippen LogP contribution in [0.2, 0.25) is 5.02 Å². The number of hydrogen-bond acceptors (Lipinski definition) is 8. The fourth-order valence-electron chi connectivity index (χ4n) is 5.08. The third-order valence-electron chi connectivity index (χ3n) is 7.33. The van der Waals surface area contributed by atoms with E-state index in [1.807, 2.05) is 0 Å². The number of rotatable bonds is 9. The van der Waals surface area contributed by atoms with Gasteiger partial charge in [0.25, 0.3) is 15.9 Å². The molecule has 9 nitrogen and oxygen atoms in total. The monoisotopic (exact) mass is 616 g/mol. The lowest BCUT2D eigenvalue weighted by Crippen LogP contribution is -2.29. The Kier molecular flexibility index (Phi) is 8.49. The Bertz CT molecular complexity index is 1710. The molecule has 0 bridgehead atoms. The van der Waals surface area contributed by atoms with E-state index < -0.39 is 15.9 Å². The lowest BCUT2D eigenvalue weighted by atomic mass is 9.86. The average Bonchev–Trinajstić information content (AvgIpc) is 2.95. The largest absolute Gasteiger partial charge is 0.480 e. The predicted molar refractivity (Wildman–Crippen MR) is 160 cm³/mol. The molecule has 2 heterocycles. The van der Waals surface area contributed by atoms with E-state index in [1.54, 1.807) is 24.3 Å². The average molecular weight is 617 g/mol. The molecule has 1 aliphatic carbocycles. The molecule has 4 N–H and O–H groups in total. The van der Waals surface area contributed by atoms with Crippen LogP contribution in [0.4, 0.5) is 20.5 Å². The van der Waals surface area contributed by atoms with Crippen LogP contribution in [-0.4, -0.2) is 43.1 Å². The number of pyridine rings is 1. The van der Waals surface area contributed by atoms with Crippen LogP contribution in [0.3, 0.4) is 0 Å². The third-order valence-corrected chi connectivity index (χ3v) is 9.18. The van der Waals surface area contributed by atoms with Gasteiger partial charge in [-0.05, 0) is 73.6 Å². The first-order valence-electron chi connectivity index (χ1n) is 13.5. The molecule has 0 amide bonds. The highest BCUT2D eigenvalue weighted by Crippen LogP contribution is 2.39. The van der Waals surface area contributed by atoms with Gasteiger partial charge in [-0.1, -0.05) is 23.7 Å². The number of nitrogens with zero attached hydrogens (tertiary/aromatic N) is 3. The fraction of sp³-hybridized carbons (Fsp3) is 0.345. The smallest absolute Gasteiger partial charge is 0.272 e. The van der Waals surface area contributed by atoms with Gasteiger partial charge in [0.2, 0.25) is 11.8 Å². The van der Waals surface area contributed by atoms with Crippen molar-refractivity contribution in [3.8, 4) is 17.0 Å². The van der Waals surface area contributed by atoms with Gasteiger partial charge in [-0.3, -0.25) is 4.72 Å². The third kappa shape index (κ3) is 6.55. The lowest BCUT2D eigenvalue weighted by Gasteiger charge is -2.26. The second kappa shape index (κ2) is 11.9. The van der Waals surface area contributed by atoms with Crippen molar-refractivity contribution in [3.63, 3.8) is 0 Å². The van der Waals surface area contributed by atoms with Crippen molar-refractivity contribution in [2.24, 2.45) is 11.7 Å². The van der Waals surface area contributed by atoms with Gasteiger partial charge in [-0.2, -0.15) is 4.98 Å². The number of hydrogen-bond donors (Lipinski definition) is 3. The van der Waals surface area contributed by atoms with Gasteiger partial charge >= 0.3 is 0 Å². The number of benzene rings is 2. The molecule has 0 unspecified atom stereocenters. The van der Waals surface area contributed by atoms with Gasteiger partial charge in [0, 0.05) is 42.2 Å². The van der Waals surface area contributed by atoms with Crippen LogP contribution in [0.1, 0.15) is 38.2 Å². The number of nitrogens with one attached hydrogen (secondary N) is 2. The number of fused-ring (bicyclic) bond motifs is 1. The van der Waals surface area contributed by atoms with Gasteiger partial charge in [-0.15, -0.1) is 0 Å². The van der Waals surface area contributed by atoms with Gasteiger partial charge in [0.1, 0.15) is 10.7 Å². The minimum atomic E-state index is -4.05. The SMILES string of the molecule is COc1nc(NS(=O)(=O)c2ccccc2Cl)ccc1-c1cc(C(C)(F)F)c2nc(NCC3CCC(N)CC3)ncc2c1. The quantitative estimate of drug-likeness (QED) is 0.203. The van der Waals surface area contributed by atoms with Crippen LogP contribution < -0.4 is 20.5 Å². The first-order chi connectivity index (χ1) is 19.9. The van der Waals surface area contributed by atoms with Crippen molar-refractivity contribution in [2.75, 3.05) is 23.7 Å². The van der Waals surface area contributed by atoms with Gasteiger partial charge in [0.05, 0.1) is 17.6 Å². The highest BCUT2D eigenvalue weighted by Gasteiger charge is 2.30. The number of ether oxygens (including phenoxy) is 1. The number of sulfonamides is 1. The number of aromatic nitrogens is 3. The number of nitrogens with two attached hydrogens (primary N) is 1. The standard InChI is InChI=1S/C29H31ClF2N6O3S/c1-29(31,32)22-14-18(13-19-16-35-28(37-26(19)22)34-15-17-7-9-20(33)10-8-17)21-11-12-25(36-27(21)41-2)38-42(39,40)24-6-4-3-5-23(24)30/h3-6,11-14,16-17,20H,7-10,15,33H2,1-2H3,(H,36,38)(H,34,35,37). The lowest BCUT2D eigenvalue weighted by molar-refractivity contribution is 0.0189. The van der Waals surface area contributed by atoms with E-state index in [0.29, 0.717) is 29.0 Å². The molecule has 4 aromatic rings. The van der Waals surface area contributed by atoms with Gasteiger partial charge in [-0.25, -0.2) is 27.2 Å². The summed E-state index contributed by atoms with van der Waals surface area (Å²) in [5, 5.41) is 3.66. The second-order valence-electron chi connectivity index (χ2n) is 10.5. The first-order valence-corrected chi connectivity index (χ1v) is 15.3. The Labute approximate surface area is 247 Å². The Hall–Kier alpha value is -3.61. The highest BCUT2D eigenvalue weighted by molar-refractivity contribution is 7.92. The van der Waals surface area contributed by atoms with Gasteiger partial charge < -0.3 is 15.8 Å². The second-order valence-corrected chi connectivity index (χ2v) is 12.6. The van der Waals surface area contributed by atoms with Crippen LogP contribution in [-0.2, 0) is 15.9 Å². The molecular formula is C29H31ClF2N6O3S. The Morgan fingerprint density at radius 3 is 2.52 bits per heavy atom. The molecule has 0 spiro atoms. The van der Waals surface area contributed by atoms with E-state index in [1.165, 1.54) is 37.6 Å². The van der Waals surface area contributed by atoms with E-state index >= 15 is 0 Å². The molecule has 0 aliphatic heterocycles. The summed E-state index contributed by atoms with van der Waals surface area (Å²) >= 11 is 6.06. The van der Waals surface area contributed by atoms with Crippen molar-refractivity contribution in [2.45, 2.75) is 49.5 Å². The first kappa shape index (κ1) is 29.9. The molecule has 42 heavy (non-hydrogen) atoms. The highest BCUT2D eigenvalue weighted by atomic mass is 35.5. The molecule has 2 aromatic carbocycles. The van der Waals surface area contributed by atoms with Crippen molar-refractivity contribution in [1.82, 2.24) is 15.0 Å². The number of anilines is 2. The van der Waals surface area contributed by atoms with E-state index in [2.05, 4.69) is 25.0 Å². The minimum absolute atomic E-state index is 0.0312. The zero-order chi connectivity index (χ0) is 30.1. The number of alkyl halides is 2. The van der Waals surface area contributed by atoms with Crippen LogP contribution in [0.5, 0.6) is 5.88 Å². The zero-order valence-electron chi connectivity index (χ0n) is 23.1.